The van der Waals surface area contributed by atoms with E-state index >= 15 is 0 Å². The summed E-state index contributed by atoms with van der Waals surface area (Å²) >= 11 is 0. The van der Waals surface area contributed by atoms with E-state index in [9.17, 15) is 4.57 Å². The van der Waals surface area contributed by atoms with E-state index in [1.54, 1.807) is 6.08 Å². The number of rotatable bonds is 4. The first-order valence-corrected chi connectivity index (χ1v) is 6.20. The zero-order valence-corrected chi connectivity index (χ0v) is 8.91. The summed E-state index contributed by atoms with van der Waals surface area (Å²) in [6.45, 7) is 4.96. The molecule has 0 saturated heterocycles. The van der Waals surface area contributed by atoms with Gasteiger partial charge in [0, 0.05) is 6.66 Å². The first-order chi connectivity index (χ1) is 6.51. The Labute approximate surface area is 83.6 Å². The van der Waals surface area contributed by atoms with Crippen LogP contribution in [0.2, 0.25) is 0 Å². The van der Waals surface area contributed by atoms with E-state index in [0.29, 0.717) is 0 Å². The first-order valence-electron chi connectivity index (χ1n) is 4.17. The Kier molecular flexibility index (Phi) is 3.64. The minimum atomic E-state index is -3.37. The van der Waals surface area contributed by atoms with Gasteiger partial charge in [0.2, 0.25) is 0 Å². The van der Waals surface area contributed by atoms with Crippen LogP contribution in [0.25, 0.3) is 6.08 Å². The number of hydrogen-bond donors (Lipinski definition) is 1. The molecule has 1 N–H and O–H groups in total. The van der Waals surface area contributed by atoms with Crippen LogP contribution >= 0.6 is 7.60 Å². The van der Waals surface area contributed by atoms with Gasteiger partial charge < -0.3 is 9.42 Å². The van der Waals surface area contributed by atoms with Crippen LogP contribution < -0.4 is 0 Å². The third-order valence-corrected chi connectivity index (χ3v) is 2.29. The summed E-state index contributed by atoms with van der Waals surface area (Å²) in [6, 6.07) is 7.44. The van der Waals surface area contributed by atoms with Gasteiger partial charge in [-0.3, -0.25) is 4.57 Å². The second-order valence-electron chi connectivity index (χ2n) is 3.02. The molecule has 0 aliphatic heterocycles. The van der Waals surface area contributed by atoms with Gasteiger partial charge in [0.25, 0.3) is 0 Å². The maximum absolute atomic E-state index is 10.8. The fourth-order valence-corrected chi connectivity index (χ4v) is 1.33. The maximum Gasteiger partial charge on any atom is 0.325 e. The molecule has 0 radical (unpaired) electrons. The van der Waals surface area contributed by atoms with E-state index in [-0.39, 0.29) is 6.61 Å². The van der Waals surface area contributed by atoms with E-state index in [1.807, 2.05) is 24.3 Å². The SMILES string of the molecule is C=Cc1ccc(COP(C)(=O)O)cc1. The summed E-state index contributed by atoms with van der Waals surface area (Å²) in [5, 5.41) is 0. The highest BCUT2D eigenvalue weighted by Gasteiger charge is 2.09. The molecule has 0 amide bonds. The van der Waals surface area contributed by atoms with E-state index in [1.165, 1.54) is 6.66 Å². The highest BCUT2D eigenvalue weighted by molar-refractivity contribution is 7.51. The Hall–Kier alpha value is -0.890. The molecule has 1 rings (SSSR count). The van der Waals surface area contributed by atoms with E-state index < -0.39 is 7.60 Å². The van der Waals surface area contributed by atoms with Gasteiger partial charge >= 0.3 is 7.60 Å². The molecule has 0 saturated carbocycles. The number of hydrogen-bond acceptors (Lipinski definition) is 2. The standard InChI is InChI=1S/C10H13O3P/c1-3-9-4-6-10(7-5-9)8-13-14(2,11)12/h3-7H,1,8H2,2H3,(H,11,12). The molecule has 0 spiro atoms. The molecule has 0 fully saturated rings. The minimum Gasteiger partial charge on any atom is -0.324 e. The van der Waals surface area contributed by atoms with Crippen LogP contribution in [-0.2, 0) is 15.7 Å². The topological polar surface area (TPSA) is 46.5 Å². The molecule has 14 heavy (non-hydrogen) atoms. The fourth-order valence-electron chi connectivity index (χ4n) is 0.944. The summed E-state index contributed by atoms with van der Waals surface area (Å²) in [6.07, 6.45) is 1.74. The molecule has 0 heterocycles. The lowest BCUT2D eigenvalue weighted by molar-refractivity contribution is 0.255. The van der Waals surface area contributed by atoms with E-state index in [0.717, 1.165) is 11.1 Å². The molecule has 1 unspecified atom stereocenters. The Morgan fingerprint density at radius 3 is 2.50 bits per heavy atom. The smallest absolute Gasteiger partial charge is 0.324 e. The second-order valence-corrected chi connectivity index (χ2v) is 4.89. The van der Waals surface area contributed by atoms with E-state index in [4.69, 9.17) is 9.42 Å². The van der Waals surface area contributed by atoms with Crippen molar-refractivity contribution in [2.24, 2.45) is 0 Å². The largest absolute Gasteiger partial charge is 0.325 e. The Morgan fingerprint density at radius 1 is 1.50 bits per heavy atom. The van der Waals surface area contributed by atoms with Gasteiger partial charge in [0.05, 0.1) is 6.61 Å². The molecule has 1 aromatic rings. The highest BCUT2D eigenvalue weighted by Crippen LogP contribution is 2.37. The Bertz CT molecular complexity index is 350. The van der Waals surface area contributed by atoms with Gasteiger partial charge in [-0.05, 0) is 11.1 Å². The van der Waals surface area contributed by atoms with Gasteiger partial charge in [-0.1, -0.05) is 36.9 Å². The van der Waals surface area contributed by atoms with Gasteiger partial charge in [-0.25, -0.2) is 0 Å². The van der Waals surface area contributed by atoms with Crippen molar-refractivity contribution in [1.82, 2.24) is 0 Å². The van der Waals surface area contributed by atoms with Crippen LogP contribution in [0.1, 0.15) is 11.1 Å². The molecule has 0 bridgehead atoms. The van der Waals surface area contributed by atoms with Crippen molar-refractivity contribution in [3.63, 3.8) is 0 Å². The van der Waals surface area contributed by atoms with Crippen molar-refractivity contribution in [1.29, 1.82) is 0 Å². The third kappa shape index (κ3) is 3.88. The van der Waals surface area contributed by atoms with Crippen molar-refractivity contribution in [2.45, 2.75) is 6.61 Å². The predicted octanol–water partition coefficient (Wildman–Crippen LogP) is 2.66. The quantitative estimate of drug-likeness (QED) is 0.780. The summed E-state index contributed by atoms with van der Waals surface area (Å²) in [5.41, 5.74) is 1.88. The minimum absolute atomic E-state index is 0.154. The third-order valence-electron chi connectivity index (χ3n) is 1.69. The lowest BCUT2D eigenvalue weighted by Crippen LogP contribution is -1.90. The number of benzene rings is 1. The van der Waals surface area contributed by atoms with Gasteiger partial charge in [-0.15, -0.1) is 0 Å². The molecule has 0 aliphatic carbocycles. The van der Waals surface area contributed by atoms with Crippen molar-refractivity contribution < 1.29 is 14.0 Å². The van der Waals surface area contributed by atoms with Crippen molar-refractivity contribution >= 4 is 13.7 Å². The normalized spacial score (nSPS) is 14.7. The van der Waals surface area contributed by atoms with Crippen molar-refractivity contribution in [2.75, 3.05) is 6.66 Å². The molecular formula is C10H13O3P. The van der Waals surface area contributed by atoms with Crippen LogP contribution in [0, 0.1) is 0 Å². The molecule has 0 aromatic heterocycles. The Morgan fingerprint density at radius 2 is 2.07 bits per heavy atom. The molecule has 1 atom stereocenters. The molecule has 0 aliphatic rings. The maximum atomic E-state index is 10.8. The van der Waals surface area contributed by atoms with Crippen LogP contribution in [0.3, 0.4) is 0 Å². The average molecular weight is 212 g/mol. The molecule has 76 valence electrons. The monoisotopic (exact) mass is 212 g/mol. The van der Waals surface area contributed by atoms with Crippen LogP contribution in [0.15, 0.2) is 30.8 Å². The van der Waals surface area contributed by atoms with Crippen LogP contribution in [0.4, 0.5) is 0 Å². The molecule has 1 aromatic carbocycles. The van der Waals surface area contributed by atoms with Gasteiger partial charge in [-0.2, -0.15) is 0 Å². The summed E-state index contributed by atoms with van der Waals surface area (Å²) in [4.78, 5) is 8.90. The van der Waals surface area contributed by atoms with Crippen molar-refractivity contribution in [3.05, 3.63) is 42.0 Å². The average Bonchev–Trinajstić information content (AvgIpc) is 2.14. The zero-order valence-electron chi connectivity index (χ0n) is 8.01. The fraction of sp³-hybridized carbons (Fsp3) is 0.200. The highest BCUT2D eigenvalue weighted by atomic mass is 31.2. The lowest BCUT2D eigenvalue weighted by Gasteiger charge is -2.06. The van der Waals surface area contributed by atoms with Crippen LogP contribution in [-0.4, -0.2) is 11.6 Å². The lowest BCUT2D eigenvalue weighted by atomic mass is 10.1. The molecule has 3 nitrogen and oxygen atoms in total. The summed E-state index contributed by atoms with van der Waals surface area (Å²) < 4.78 is 15.6. The first kappa shape index (κ1) is 11.2. The summed E-state index contributed by atoms with van der Waals surface area (Å²) in [5.74, 6) is 0. The van der Waals surface area contributed by atoms with Gasteiger partial charge in [0.15, 0.2) is 0 Å². The second kappa shape index (κ2) is 4.56. The van der Waals surface area contributed by atoms with Gasteiger partial charge in [0.1, 0.15) is 0 Å². The van der Waals surface area contributed by atoms with E-state index in [2.05, 4.69) is 6.58 Å². The van der Waals surface area contributed by atoms with Crippen molar-refractivity contribution in [3.8, 4) is 0 Å². The molecule has 4 heteroatoms. The predicted molar refractivity (Wildman–Crippen MR) is 57.1 cm³/mol. The summed E-state index contributed by atoms with van der Waals surface area (Å²) in [7, 11) is -3.37. The molecular weight excluding hydrogens is 199 g/mol. The van der Waals surface area contributed by atoms with Crippen LogP contribution in [0.5, 0.6) is 0 Å². The Balaban J connectivity index is 2.60. The zero-order chi connectivity index (χ0) is 10.6.